The van der Waals surface area contributed by atoms with Crippen LogP contribution in [0, 0.1) is 18.8 Å². The molecule has 0 bridgehead atoms. The summed E-state index contributed by atoms with van der Waals surface area (Å²) >= 11 is 5.94. The minimum Gasteiger partial charge on any atom is -0.312 e. The highest BCUT2D eigenvalue weighted by Crippen LogP contribution is 2.15. The third-order valence-electron chi connectivity index (χ3n) is 2.16. The van der Waals surface area contributed by atoms with Crippen molar-refractivity contribution in [1.29, 1.82) is 0 Å². The van der Waals surface area contributed by atoms with Crippen LogP contribution in [-0.2, 0) is 6.54 Å². The van der Waals surface area contributed by atoms with Crippen LogP contribution in [0.4, 0.5) is 0 Å². The third-order valence-corrected chi connectivity index (χ3v) is 2.58. The third kappa shape index (κ3) is 4.38. The number of nitrogens with one attached hydrogen (secondary N) is 1. The van der Waals surface area contributed by atoms with Crippen LogP contribution in [0.2, 0.25) is 5.02 Å². The molecule has 0 aliphatic carbocycles. The summed E-state index contributed by atoms with van der Waals surface area (Å²) in [7, 11) is 0. The average molecular weight is 222 g/mol. The Morgan fingerprint density at radius 2 is 2.20 bits per heavy atom. The summed E-state index contributed by atoms with van der Waals surface area (Å²) in [4.78, 5) is 0. The van der Waals surface area contributed by atoms with Crippen LogP contribution >= 0.6 is 11.6 Å². The highest BCUT2D eigenvalue weighted by atomic mass is 35.5. The molecule has 0 heterocycles. The maximum atomic E-state index is 5.94. The van der Waals surface area contributed by atoms with Crippen molar-refractivity contribution < 1.29 is 0 Å². The molecule has 1 aromatic carbocycles. The molecule has 0 amide bonds. The van der Waals surface area contributed by atoms with Crippen LogP contribution in [0.15, 0.2) is 18.2 Å². The quantitative estimate of drug-likeness (QED) is 0.609. The van der Waals surface area contributed by atoms with Crippen LogP contribution < -0.4 is 5.32 Å². The molecule has 0 atom stereocenters. The zero-order valence-corrected chi connectivity index (χ0v) is 9.99. The summed E-state index contributed by atoms with van der Waals surface area (Å²) in [6, 6.07) is 6.11. The zero-order chi connectivity index (χ0) is 11.1. The van der Waals surface area contributed by atoms with Crippen molar-refractivity contribution in [2.75, 3.05) is 6.54 Å². The van der Waals surface area contributed by atoms with Gasteiger partial charge < -0.3 is 5.32 Å². The summed E-state index contributed by atoms with van der Waals surface area (Å²) in [5.74, 6) is 5.90. The maximum Gasteiger partial charge on any atom is 0.0435 e. The number of aryl methyl sites for hydroxylation is 1. The van der Waals surface area contributed by atoms with Crippen LogP contribution in [0.3, 0.4) is 0 Å². The summed E-state index contributed by atoms with van der Waals surface area (Å²) in [5, 5.41) is 4.17. The zero-order valence-electron chi connectivity index (χ0n) is 9.23. The van der Waals surface area contributed by atoms with Crippen molar-refractivity contribution in [2.45, 2.75) is 26.8 Å². The maximum absolute atomic E-state index is 5.94. The van der Waals surface area contributed by atoms with Crippen molar-refractivity contribution in [3.05, 3.63) is 34.3 Å². The Bertz CT molecular complexity index is 374. The van der Waals surface area contributed by atoms with Gasteiger partial charge in [-0.2, -0.15) is 0 Å². The predicted octanol–water partition coefficient (Wildman–Crippen LogP) is 3.15. The van der Waals surface area contributed by atoms with Crippen molar-refractivity contribution in [3.8, 4) is 11.8 Å². The van der Waals surface area contributed by atoms with Gasteiger partial charge >= 0.3 is 0 Å². The normalized spacial score (nSPS) is 9.53. The van der Waals surface area contributed by atoms with E-state index < -0.39 is 0 Å². The number of hydrogen-bond acceptors (Lipinski definition) is 1. The van der Waals surface area contributed by atoms with E-state index in [1.54, 1.807) is 0 Å². The standard InChI is InChI=1S/C13H16ClN/c1-3-4-5-8-15-10-12-6-7-13(14)11(2)9-12/h6-7,9,15H,5,8,10H2,1-2H3. The number of hydrogen-bond donors (Lipinski definition) is 1. The Morgan fingerprint density at radius 3 is 2.87 bits per heavy atom. The summed E-state index contributed by atoms with van der Waals surface area (Å²) in [6.07, 6.45) is 0.906. The van der Waals surface area contributed by atoms with Crippen molar-refractivity contribution >= 4 is 11.6 Å². The van der Waals surface area contributed by atoms with E-state index in [0.717, 1.165) is 30.1 Å². The lowest BCUT2D eigenvalue weighted by molar-refractivity contribution is 0.701. The number of rotatable bonds is 4. The number of benzene rings is 1. The second-order valence-corrected chi connectivity index (χ2v) is 3.84. The second kappa shape index (κ2) is 6.50. The van der Waals surface area contributed by atoms with Gasteiger partial charge in [-0.05, 0) is 31.0 Å². The second-order valence-electron chi connectivity index (χ2n) is 3.44. The molecule has 1 aromatic rings. The molecule has 0 radical (unpaired) electrons. The van der Waals surface area contributed by atoms with Gasteiger partial charge in [-0.3, -0.25) is 0 Å². The van der Waals surface area contributed by atoms with Gasteiger partial charge in [0, 0.05) is 24.5 Å². The molecule has 15 heavy (non-hydrogen) atoms. The van der Waals surface area contributed by atoms with E-state index in [2.05, 4.69) is 23.2 Å². The summed E-state index contributed by atoms with van der Waals surface area (Å²) in [6.45, 7) is 5.70. The smallest absolute Gasteiger partial charge is 0.0435 e. The molecule has 0 saturated carbocycles. The molecule has 0 unspecified atom stereocenters. The van der Waals surface area contributed by atoms with Gasteiger partial charge in [0.05, 0.1) is 0 Å². The fourth-order valence-electron chi connectivity index (χ4n) is 1.33. The monoisotopic (exact) mass is 221 g/mol. The Kier molecular flexibility index (Phi) is 5.25. The van der Waals surface area contributed by atoms with Gasteiger partial charge in [0.15, 0.2) is 0 Å². The molecule has 0 aliphatic heterocycles. The Labute approximate surface area is 96.8 Å². The van der Waals surface area contributed by atoms with E-state index in [4.69, 9.17) is 11.6 Å². The van der Waals surface area contributed by atoms with Crippen LogP contribution in [0.1, 0.15) is 24.5 Å². The molecule has 0 spiro atoms. The molecule has 2 heteroatoms. The lowest BCUT2D eigenvalue weighted by Crippen LogP contribution is -2.14. The van der Waals surface area contributed by atoms with Crippen LogP contribution in [-0.4, -0.2) is 6.54 Å². The molecular weight excluding hydrogens is 206 g/mol. The minimum atomic E-state index is 0.829. The molecule has 0 aliphatic rings. The Balaban J connectivity index is 2.36. The molecule has 0 aromatic heterocycles. The van der Waals surface area contributed by atoms with E-state index in [1.165, 1.54) is 5.56 Å². The lowest BCUT2D eigenvalue weighted by Gasteiger charge is -2.05. The van der Waals surface area contributed by atoms with E-state index in [-0.39, 0.29) is 0 Å². The lowest BCUT2D eigenvalue weighted by atomic mass is 10.1. The first-order valence-electron chi connectivity index (χ1n) is 5.09. The van der Waals surface area contributed by atoms with Gasteiger partial charge in [-0.25, -0.2) is 0 Å². The van der Waals surface area contributed by atoms with Gasteiger partial charge in [0.2, 0.25) is 0 Å². The predicted molar refractivity (Wildman–Crippen MR) is 66.0 cm³/mol. The first kappa shape index (κ1) is 12.1. The Hall–Kier alpha value is -0.970. The largest absolute Gasteiger partial charge is 0.312 e. The fraction of sp³-hybridized carbons (Fsp3) is 0.385. The van der Waals surface area contributed by atoms with Gasteiger partial charge in [-0.15, -0.1) is 11.8 Å². The van der Waals surface area contributed by atoms with E-state index >= 15 is 0 Å². The van der Waals surface area contributed by atoms with Crippen LogP contribution in [0.5, 0.6) is 0 Å². The molecule has 0 fully saturated rings. The fourth-order valence-corrected chi connectivity index (χ4v) is 1.44. The first-order valence-corrected chi connectivity index (χ1v) is 5.47. The van der Waals surface area contributed by atoms with E-state index in [9.17, 15) is 0 Å². The molecule has 80 valence electrons. The summed E-state index contributed by atoms with van der Waals surface area (Å²) < 4.78 is 0. The van der Waals surface area contributed by atoms with Crippen molar-refractivity contribution in [1.82, 2.24) is 5.32 Å². The van der Waals surface area contributed by atoms with E-state index in [0.29, 0.717) is 0 Å². The van der Waals surface area contributed by atoms with Gasteiger partial charge in [-0.1, -0.05) is 23.7 Å². The van der Waals surface area contributed by atoms with Crippen molar-refractivity contribution in [2.24, 2.45) is 0 Å². The highest BCUT2D eigenvalue weighted by molar-refractivity contribution is 6.31. The van der Waals surface area contributed by atoms with Gasteiger partial charge in [0.25, 0.3) is 0 Å². The molecule has 1 N–H and O–H groups in total. The van der Waals surface area contributed by atoms with E-state index in [1.807, 2.05) is 26.0 Å². The molecular formula is C13H16ClN. The highest BCUT2D eigenvalue weighted by Gasteiger charge is 1.96. The SMILES string of the molecule is CC#CCCNCc1ccc(Cl)c(C)c1. The molecule has 1 rings (SSSR count). The molecule has 0 saturated heterocycles. The van der Waals surface area contributed by atoms with Gasteiger partial charge in [0.1, 0.15) is 0 Å². The Morgan fingerprint density at radius 1 is 1.40 bits per heavy atom. The summed E-state index contributed by atoms with van der Waals surface area (Å²) in [5.41, 5.74) is 2.39. The molecule has 1 nitrogen and oxygen atoms in total. The van der Waals surface area contributed by atoms with Crippen molar-refractivity contribution in [3.63, 3.8) is 0 Å². The topological polar surface area (TPSA) is 12.0 Å². The number of halogens is 1. The first-order chi connectivity index (χ1) is 7.24. The minimum absolute atomic E-state index is 0.829. The van der Waals surface area contributed by atoms with Crippen LogP contribution in [0.25, 0.3) is 0 Å². The average Bonchev–Trinajstić information content (AvgIpc) is 2.23.